The third-order valence-electron chi connectivity index (χ3n) is 3.32. The van der Waals surface area contributed by atoms with Gasteiger partial charge in [-0.3, -0.25) is 4.98 Å². The lowest BCUT2D eigenvalue weighted by molar-refractivity contribution is 0.598. The van der Waals surface area contributed by atoms with E-state index in [9.17, 15) is 8.42 Å². The van der Waals surface area contributed by atoms with Crippen LogP contribution in [0.3, 0.4) is 0 Å². The molecule has 3 N–H and O–H groups in total. The number of pyridine rings is 1. The van der Waals surface area contributed by atoms with Gasteiger partial charge in [0.1, 0.15) is 0 Å². The molecule has 2 heterocycles. The highest BCUT2D eigenvalue weighted by atomic mass is 32.2. The Morgan fingerprint density at radius 2 is 1.83 bits per heavy atom. The van der Waals surface area contributed by atoms with Gasteiger partial charge in [-0.05, 0) is 35.9 Å². The highest BCUT2D eigenvalue weighted by Crippen LogP contribution is 2.16. The van der Waals surface area contributed by atoms with Crippen molar-refractivity contribution in [2.45, 2.75) is 11.4 Å². The van der Waals surface area contributed by atoms with Crippen LogP contribution in [0.2, 0.25) is 0 Å². The Bertz CT molecular complexity index is 928. The van der Waals surface area contributed by atoms with E-state index in [0.717, 1.165) is 16.8 Å². The monoisotopic (exact) mass is 341 g/mol. The number of rotatable bonds is 5. The fraction of sp³-hybridized carbons (Fsp3) is 0.0625. The van der Waals surface area contributed by atoms with E-state index in [1.54, 1.807) is 30.7 Å². The number of aromatic nitrogens is 3. The van der Waals surface area contributed by atoms with E-state index in [2.05, 4.69) is 20.3 Å². The number of hydrogen-bond acceptors (Lipinski definition) is 6. The second-order valence-electron chi connectivity index (χ2n) is 5.05. The topological polar surface area (TPSA) is 111 Å². The predicted molar refractivity (Wildman–Crippen MR) is 90.4 cm³/mol. The third-order valence-corrected chi connectivity index (χ3v) is 4.24. The molecule has 122 valence electrons. The molecule has 7 nitrogen and oxygen atoms in total. The summed E-state index contributed by atoms with van der Waals surface area (Å²) >= 11 is 0. The molecule has 0 saturated heterocycles. The number of nitrogens with one attached hydrogen (secondary N) is 1. The van der Waals surface area contributed by atoms with Crippen LogP contribution < -0.4 is 10.5 Å². The van der Waals surface area contributed by atoms with Gasteiger partial charge < -0.3 is 5.32 Å². The van der Waals surface area contributed by atoms with Crippen molar-refractivity contribution in [3.63, 3.8) is 0 Å². The van der Waals surface area contributed by atoms with Gasteiger partial charge in [-0.1, -0.05) is 12.1 Å². The minimum atomic E-state index is -3.67. The molecule has 1 aromatic carbocycles. The largest absolute Gasteiger partial charge is 0.350 e. The standard InChI is InChI=1S/C16H15N5O2S/c17-24(22,23)14-5-3-12(4-6-14)10-20-16-19-9-7-15(21-16)13-2-1-8-18-11-13/h1-9,11H,10H2,(H2,17,22,23)(H,19,20,21). The summed E-state index contributed by atoms with van der Waals surface area (Å²) in [7, 11) is -3.67. The number of primary sulfonamides is 1. The second kappa shape index (κ2) is 6.73. The van der Waals surface area contributed by atoms with Crippen LogP contribution in [0, 0.1) is 0 Å². The number of nitrogens with zero attached hydrogens (tertiary/aromatic N) is 3. The zero-order valence-electron chi connectivity index (χ0n) is 12.6. The highest BCUT2D eigenvalue weighted by molar-refractivity contribution is 7.89. The first-order chi connectivity index (χ1) is 11.5. The number of benzene rings is 1. The van der Waals surface area contributed by atoms with Crippen LogP contribution in [-0.2, 0) is 16.6 Å². The number of hydrogen-bond donors (Lipinski definition) is 2. The van der Waals surface area contributed by atoms with Crippen LogP contribution >= 0.6 is 0 Å². The molecule has 0 spiro atoms. The molecule has 0 aliphatic heterocycles. The predicted octanol–water partition coefficient (Wildman–Crippen LogP) is 1.80. The maximum absolute atomic E-state index is 11.2. The number of nitrogens with two attached hydrogens (primary N) is 1. The van der Waals surface area contributed by atoms with Crippen LogP contribution in [0.4, 0.5) is 5.95 Å². The van der Waals surface area contributed by atoms with E-state index < -0.39 is 10.0 Å². The van der Waals surface area contributed by atoms with Crippen LogP contribution in [0.5, 0.6) is 0 Å². The number of sulfonamides is 1. The van der Waals surface area contributed by atoms with E-state index in [0.29, 0.717) is 12.5 Å². The maximum Gasteiger partial charge on any atom is 0.238 e. The fourth-order valence-corrected chi connectivity index (χ4v) is 2.61. The van der Waals surface area contributed by atoms with E-state index in [1.807, 2.05) is 18.2 Å². The van der Waals surface area contributed by atoms with E-state index >= 15 is 0 Å². The summed E-state index contributed by atoms with van der Waals surface area (Å²) in [6, 6.07) is 11.9. The van der Waals surface area contributed by atoms with Gasteiger partial charge >= 0.3 is 0 Å². The van der Waals surface area contributed by atoms with Crippen LogP contribution in [0.15, 0.2) is 66.0 Å². The lowest BCUT2D eigenvalue weighted by atomic mass is 10.2. The molecule has 3 aromatic rings. The van der Waals surface area contributed by atoms with Crippen LogP contribution in [0.1, 0.15) is 5.56 Å². The number of anilines is 1. The molecule has 2 aromatic heterocycles. The first kappa shape index (κ1) is 16.0. The first-order valence-corrected chi connectivity index (χ1v) is 8.66. The zero-order chi connectivity index (χ0) is 17.0. The smallest absolute Gasteiger partial charge is 0.238 e. The van der Waals surface area contributed by atoms with Gasteiger partial charge in [-0.2, -0.15) is 0 Å². The first-order valence-electron chi connectivity index (χ1n) is 7.11. The molecule has 0 radical (unpaired) electrons. The molecule has 3 rings (SSSR count). The molecule has 0 atom stereocenters. The third kappa shape index (κ3) is 3.92. The molecule has 0 amide bonds. The van der Waals surface area contributed by atoms with Crippen molar-refractivity contribution in [1.29, 1.82) is 0 Å². The Labute approximate surface area is 139 Å². The van der Waals surface area contributed by atoms with Crippen LogP contribution in [0.25, 0.3) is 11.3 Å². The summed E-state index contributed by atoms with van der Waals surface area (Å²) < 4.78 is 22.5. The Hall–Kier alpha value is -2.84. The molecule has 0 aliphatic rings. The molecule has 8 heteroatoms. The SMILES string of the molecule is NS(=O)(=O)c1ccc(CNc2nccc(-c3cccnc3)n2)cc1. The second-order valence-corrected chi connectivity index (χ2v) is 6.61. The highest BCUT2D eigenvalue weighted by Gasteiger charge is 2.07. The van der Waals surface area contributed by atoms with E-state index in [-0.39, 0.29) is 4.90 Å². The van der Waals surface area contributed by atoms with E-state index in [1.165, 1.54) is 12.1 Å². The van der Waals surface area contributed by atoms with E-state index in [4.69, 9.17) is 5.14 Å². The molecule has 0 aliphatic carbocycles. The van der Waals surface area contributed by atoms with Gasteiger partial charge in [-0.25, -0.2) is 23.5 Å². The fourth-order valence-electron chi connectivity index (χ4n) is 2.10. The summed E-state index contributed by atoms with van der Waals surface area (Å²) in [5, 5.41) is 8.18. The molecule has 0 fully saturated rings. The minimum Gasteiger partial charge on any atom is -0.350 e. The Balaban J connectivity index is 1.71. The van der Waals surface area contributed by atoms with Crippen molar-refractivity contribution >= 4 is 16.0 Å². The molecular formula is C16H15N5O2S. The Morgan fingerprint density at radius 3 is 2.50 bits per heavy atom. The van der Waals surface area contributed by atoms with Crippen molar-refractivity contribution < 1.29 is 8.42 Å². The Morgan fingerprint density at radius 1 is 1.04 bits per heavy atom. The van der Waals surface area contributed by atoms with Gasteiger partial charge in [0, 0.05) is 30.7 Å². The molecule has 0 unspecified atom stereocenters. The minimum absolute atomic E-state index is 0.0843. The van der Waals surface area contributed by atoms with Crippen molar-refractivity contribution in [2.24, 2.45) is 5.14 Å². The van der Waals surface area contributed by atoms with Crippen molar-refractivity contribution in [2.75, 3.05) is 5.32 Å². The lowest BCUT2D eigenvalue weighted by Gasteiger charge is -2.07. The van der Waals surface area contributed by atoms with Crippen molar-refractivity contribution in [1.82, 2.24) is 15.0 Å². The summed E-state index contributed by atoms with van der Waals surface area (Å²) in [5.41, 5.74) is 2.56. The Kier molecular flexibility index (Phi) is 4.50. The lowest BCUT2D eigenvalue weighted by Crippen LogP contribution is -2.12. The normalized spacial score (nSPS) is 11.2. The molecule has 0 bridgehead atoms. The summed E-state index contributed by atoms with van der Waals surface area (Å²) in [6.45, 7) is 0.460. The maximum atomic E-state index is 11.2. The van der Waals surface area contributed by atoms with Crippen molar-refractivity contribution in [3.8, 4) is 11.3 Å². The molecular weight excluding hydrogens is 326 g/mol. The average molecular weight is 341 g/mol. The summed E-state index contributed by atoms with van der Waals surface area (Å²) in [4.78, 5) is 12.8. The van der Waals surface area contributed by atoms with Crippen molar-refractivity contribution in [3.05, 3.63) is 66.6 Å². The quantitative estimate of drug-likeness (QED) is 0.732. The van der Waals surface area contributed by atoms with Gasteiger partial charge in [-0.15, -0.1) is 0 Å². The average Bonchev–Trinajstić information content (AvgIpc) is 2.61. The van der Waals surface area contributed by atoms with Gasteiger partial charge in [0.25, 0.3) is 0 Å². The van der Waals surface area contributed by atoms with Crippen LogP contribution in [-0.4, -0.2) is 23.4 Å². The molecule has 24 heavy (non-hydrogen) atoms. The summed E-state index contributed by atoms with van der Waals surface area (Å²) in [5.74, 6) is 0.479. The molecule has 0 saturated carbocycles. The van der Waals surface area contributed by atoms with Gasteiger partial charge in [0.15, 0.2) is 0 Å². The van der Waals surface area contributed by atoms with Gasteiger partial charge in [0.2, 0.25) is 16.0 Å². The summed E-state index contributed by atoms with van der Waals surface area (Å²) in [6.07, 6.45) is 5.11. The zero-order valence-corrected chi connectivity index (χ0v) is 13.4. The van der Waals surface area contributed by atoms with Gasteiger partial charge in [0.05, 0.1) is 10.6 Å².